The second kappa shape index (κ2) is 10.6. The Morgan fingerprint density at radius 1 is 1.07 bits per heavy atom. The molecule has 3 rings (SSSR count). The molecule has 4 nitrogen and oxygen atoms in total. The molecule has 1 saturated carbocycles. The van der Waals surface area contributed by atoms with Crippen LogP contribution in [0, 0.1) is 5.92 Å². The van der Waals surface area contributed by atoms with E-state index in [1.54, 1.807) is 6.07 Å². The van der Waals surface area contributed by atoms with Crippen molar-refractivity contribution in [2.75, 3.05) is 26.2 Å². The Balaban J connectivity index is 0.00000182. The van der Waals surface area contributed by atoms with Gasteiger partial charge < -0.3 is 15.2 Å². The van der Waals surface area contributed by atoms with Crippen LogP contribution in [0.1, 0.15) is 43.7 Å². The molecule has 9 heteroatoms. The third kappa shape index (κ3) is 6.31. The van der Waals surface area contributed by atoms with Crippen LogP contribution in [0.4, 0.5) is 13.2 Å². The Kier molecular flexibility index (Phi) is 9.48. The summed E-state index contributed by atoms with van der Waals surface area (Å²) in [4.78, 5) is 2.29. The molecule has 1 aliphatic heterocycles. The highest BCUT2D eigenvalue weighted by Gasteiger charge is 2.36. The van der Waals surface area contributed by atoms with Crippen LogP contribution < -0.4 is 10.1 Å². The molecule has 1 aromatic carbocycles. The van der Waals surface area contributed by atoms with E-state index in [0.717, 1.165) is 51.9 Å². The van der Waals surface area contributed by atoms with Crippen LogP contribution in [0.3, 0.4) is 0 Å². The van der Waals surface area contributed by atoms with Crippen molar-refractivity contribution in [3.63, 3.8) is 0 Å². The molecule has 1 saturated heterocycles. The van der Waals surface area contributed by atoms with Crippen LogP contribution >= 0.6 is 24.8 Å². The number of nitrogens with zero attached hydrogens (tertiary/aromatic N) is 1. The van der Waals surface area contributed by atoms with E-state index < -0.39 is 12.1 Å². The van der Waals surface area contributed by atoms with Crippen LogP contribution in [0.2, 0.25) is 0 Å². The normalized spacial score (nSPS) is 20.3. The van der Waals surface area contributed by atoms with Crippen LogP contribution in [0.25, 0.3) is 0 Å². The fourth-order valence-corrected chi connectivity index (χ4v) is 4.14. The van der Waals surface area contributed by atoms with Gasteiger partial charge in [-0.2, -0.15) is 0 Å². The quantitative estimate of drug-likeness (QED) is 0.728. The van der Waals surface area contributed by atoms with Crippen molar-refractivity contribution < 1.29 is 23.0 Å². The van der Waals surface area contributed by atoms with Gasteiger partial charge in [0.05, 0.1) is 0 Å². The topological polar surface area (TPSA) is 44.7 Å². The highest BCUT2D eigenvalue weighted by Crippen LogP contribution is 2.45. The highest BCUT2D eigenvalue weighted by atomic mass is 35.5. The monoisotopic (exact) mass is 430 g/mol. The molecule has 0 unspecified atom stereocenters. The number of alkyl halides is 3. The molecule has 1 aromatic rings. The zero-order valence-electron chi connectivity index (χ0n) is 15.0. The summed E-state index contributed by atoms with van der Waals surface area (Å²) in [6.07, 6.45) is 0.732. The van der Waals surface area contributed by atoms with E-state index in [0.29, 0.717) is 11.5 Å². The largest absolute Gasteiger partial charge is 0.573 e. The molecule has 0 radical (unpaired) electrons. The summed E-state index contributed by atoms with van der Waals surface area (Å²) in [5.74, 6) is -0.547. The number of phenolic OH excluding ortho intramolecular Hbond substituents is 1. The van der Waals surface area contributed by atoms with Crippen molar-refractivity contribution in [1.29, 1.82) is 0 Å². The Bertz CT molecular complexity index is 560. The average molecular weight is 431 g/mol. The molecule has 1 atom stereocenters. The van der Waals surface area contributed by atoms with Crippen molar-refractivity contribution in [3.8, 4) is 11.5 Å². The summed E-state index contributed by atoms with van der Waals surface area (Å²) in [5.41, 5.74) is 0.551. The standard InChI is InChI=1S/C18H25F3N2O2.2ClH/c19-18(20,21)25-15-8-4-7-14(17(15)24)16(13-5-2-1-3-6-13)23-11-9-22-10-12-23;;/h4,7-8,13,16,22,24H,1-3,5-6,9-12H2;2*1H/t16-;;/m0../s1. The number of aromatic hydroxyl groups is 1. The van der Waals surface area contributed by atoms with E-state index in [1.807, 2.05) is 0 Å². The second-order valence-electron chi connectivity index (χ2n) is 6.87. The average Bonchev–Trinajstić information content (AvgIpc) is 2.59. The third-order valence-electron chi connectivity index (χ3n) is 5.22. The predicted molar refractivity (Wildman–Crippen MR) is 103 cm³/mol. The molecular formula is C18H27Cl2F3N2O2. The Hall–Kier alpha value is -0.890. The van der Waals surface area contributed by atoms with Gasteiger partial charge in [-0.05, 0) is 24.8 Å². The van der Waals surface area contributed by atoms with Crippen LogP contribution in [0.5, 0.6) is 11.5 Å². The third-order valence-corrected chi connectivity index (χ3v) is 5.22. The lowest BCUT2D eigenvalue weighted by Crippen LogP contribution is -2.47. The summed E-state index contributed by atoms with van der Waals surface area (Å²) in [6.45, 7) is 3.35. The molecule has 0 spiro atoms. The minimum atomic E-state index is -4.81. The summed E-state index contributed by atoms with van der Waals surface area (Å²) in [7, 11) is 0. The maximum Gasteiger partial charge on any atom is 0.573 e. The molecular weight excluding hydrogens is 404 g/mol. The molecule has 2 aliphatic rings. The molecule has 2 fully saturated rings. The van der Waals surface area contributed by atoms with Gasteiger partial charge in [-0.15, -0.1) is 38.0 Å². The van der Waals surface area contributed by atoms with E-state index in [2.05, 4.69) is 15.0 Å². The summed E-state index contributed by atoms with van der Waals surface area (Å²) in [6, 6.07) is 4.37. The minimum absolute atomic E-state index is 0. The van der Waals surface area contributed by atoms with Crippen LogP contribution in [0.15, 0.2) is 18.2 Å². The Morgan fingerprint density at radius 3 is 2.30 bits per heavy atom. The maximum atomic E-state index is 12.6. The van der Waals surface area contributed by atoms with Crippen LogP contribution in [-0.4, -0.2) is 42.5 Å². The molecule has 27 heavy (non-hydrogen) atoms. The van der Waals surface area contributed by atoms with Gasteiger partial charge in [0.2, 0.25) is 0 Å². The lowest BCUT2D eigenvalue weighted by Gasteiger charge is -2.41. The highest BCUT2D eigenvalue weighted by molar-refractivity contribution is 5.85. The van der Waals surface area contributed by atoms with Gasteiger partial charge in [0.1, 0.15) is 0 Å². The summed E-state index contributed by atoms with van der Waals surface area (Å²) >= 11 is 0. The van der Waals surface area contributed by atoms with Gasteiger partial charge in [0, 0.05) is 37.8 Å². The smallest absolute Gasteiger partial charge is 0.504 e. The van der Waals surface area contributed by atoms with Crippen molar-refractivity contribution in [2.45, 2.75) is 44.5 Å². The number of ether oxygens (including phenoxy) is 1. The van der Waals surface area contributed by atoms with Gasteiger partial charge in [0.25, 0.3) is 0 Å². The Morgan fingerprint density at radius 2 is 1.70 bits per heavy atom. The molecule has 0 bridgehead atoms. The molecule has 2 N–H and O–H groups in total. The fourth-order valence-electron chi connectivity index (χ4n) is 4.14. The molecule has 1 heterocycles. The Labute approximate surface area is 170 Å². The van der Waals surface area contributed by atoms with E-state index in [9.17, 15) is 18.3 Å². The number of para-hydroxylation sites is 1. The van der Waals surface area contributed by atoms with Crippen molar-refractivity contribution in [3.05, 3.63) is 23.8 Å². The SMILES string of the molecule is Cl.Cl.Oc1c(OC(F)(F)F)cccc1[C@H](C1CCCCC1)N1CCNCC1. The number of nitrogens with one attached hydrogen (secondary N) is 1. The first-order valence-electron chi connectivity index (χ1n) is 8.98. The molecule has 0 aromatic heterocycles. The van der Waals surface area contributed by atoms with Gasteiger partial charge >= 0.3 is 6.36 Å². The number of benzene rings is 1. The van der Waals surface area contributed by atoms with Crippen LogP contribution in [-0.2, 0) is 0 Å². The zero-order valence-corrected chi connectivity index (χ0v) is 16.6. The van der Waals surface area contributed by atoms with Gasteiger partial charge in [-0.3, -0.25) is 4.90 Å². The van der Waals surface area contributed by atoms with Crippen molar-refractivity contribution >= 4 is 24.8 Å². The van der Waals surface area contributed by atoms with Gasteiger partial charge in [-0.25, -0.2) is 0 Å². The number of piperazine rings is 1. The first-order valence-corrected chi connectivity index (χ1v) is 8.98. The number of hydrogen-bond acceptors (Lipinski definition) is 4. The second-order valence-corrected chi connectivity index (χ2v) is 6.87. The lowest BCUT2D eigenvalue weighted by atomic mass is 9.80. The number of halogens is 5. The number of rotatable bonds is 4. The predicted octanol–water partition coefficient (Wildman–Crippen LogP) is 4.66. The first kappa shape index (κ1) is 24.1. The zero-order chi connectivity index (χ0) is 17.9. The molecule has 1 aliphatic carbocycles. The van der Waals surface area contributed by atoms with Gasteiger partial charge in [0.15, 0.2) is 11.5 Å². The first-order chi connectivity index (χ1) is 12.0. The molecule has 0 amide bonds. The lowest BCUT2D eigenvalue weighted by molar-refractivity contribution is -0.275. The maximum absolute atomic E-state index is 12.6. The fraction of sp³-hybridized carbons (Fsp3) is 0.667. The summed E-state index contributed by atoms with van der Waals surface area (Å²) in [5, 5.41) is 13.8. The van der Waals surface area contributed by atoms with Crippen molar-refractivity contribution in [2.24, 2.45) is 5.92 Å². The van der Waals surface area contributed by atoms with E-state index >= 15 is 0 Å². The summed E-state index contributed by atoms with van der Waals surface area (Å²) < 4.78 is 41.9. The van der Waals surface area contributed by atoms with E-state index in [1.165, 1.54) is 18.6 Å². The van der Waals surface area contributed by atoms with E-state index in [4.69, 9.17) is 0 Å². The number of hydrogen-bond donors (Lipinski definition) is 2. The van der Waals surface area contributed by atoms with E-state index in [-0.39, 0.29) is 36.6 Å². The van der Waals surface area contributed by atoms with Crippen molar-refractivity contribution in [1.82, 2.24) is 10.2 Å². The number of phenols is 1. The van der Waals surface area contributed by atoms with Gasteiger partial charge in [-0.1, -0.05) is 31.4 Å². The minimum Gasteiger partial charge on any atom is -0.504 e. The molecule has 156 valence electrons.